The highest BCUT2D eigenvalue weighted by Gasteiger charge is 2.09. The Morgan fingerprint density at radius 1 is 1.24 bits per heavy atom. The molecule has 2 aromatic rings. The number of benzene rings is 1. The largest absolute Gasteiger partial charge is 0.489 e. The predicted molar refractivity (Wildman–Crippen MR) is 62.0 cm³/mol. The molecule has 0 saturated carbocycles. The number of aromatic carboxylic acids is 1. The molecule has 2 rings (SSSR count). The molecule has 0 aliphatic heterocycles. The number of carbonyl (C=O) groups is 1. The molecule has 1 heterocycles. The number of carboxylic acid groups (broad SMARTS) is 1. The lowest BCUT2D eigenvalue weighted by Gasteiger charge is -2.07. The van der Waals surface area contributed by atoms with E-state index in [0.29, 0.717) is 11.3 Å². The third-order valence-corrected chi connectivity index (χ3v) is 2.28. The average molecular weight is 229 g/mol. The Morgan fingerprint density at radius 2 is 2.00 bits per heavy atom. The molecule has 0 aliphatic rings. The molecule has 0 spiro atoms. The SMILES string of the molecule is O=C(O)c1cnccc1COc1ccccc1. The lowest BCUT2D eigenvalue weighted by Crippen LogP contribution is -2.06. The van der Waals surface area contributed by atoms with Gasteiger partial charge in [-0.05, 0) is 18.2 Å². The van der Waals surface area contributed by atoms with Gasteiger partial charge in [-0.2, -0.15) is 0 Å². The summed E-state index contributed by atoms with van der Waals surface area (Å²) in [4.78, 5) is 14.7. The van der Waals surface area contributed by atoms with Gasteiger partial charge >= 0.3 is 5.97 Å². The van der Waals surface area contributed by atoms with Crippen molar-refractivity contribution in [3.05, 3.63) is 59.9 Å². The standard InChI is InChI=1S/C13H11NO3/c15-13(16)12-8-14-7-6-10(12)9-17-11-4-2-1-3-5-11/h1-8H,9H2,(H,15,16). The van der Waals surface area contributed by atoms with Gasteiger partial charge in [-0.3, -0.25) is 4.98 Å². The van der Waals surface area contributed by atoms with Gasteiger partial charge in [-0.25, -0.2) is 4.79 Å². The second-order valence-electron chi connectivity index (χ2n) is 3.44. The number of rotatable bonds is 4. The van der Waals surface area contributed by atoms with Crippen LogP contribution in [0.25, 0.3) is 0 Å². The normalized spacial score (nSPS) is 9.88. The van der Waals surface area contributed by atoms with Crippen molar-refractivity contribution in [2.45, 2.75) is 6.61 Å². The number of ether oxygens (including phenoxy) is 1. The molecule has 0 fully saturated rings. The quantitative estimate of drug-likeness (QED) is 0.874. The fourth-order valence-electron chi connectivity index (χ4n) is 1.42. The molecule has 0 amide bonds. The summed E-state index contributed by atoms with van der Waals surface area (Å²) in [6, 6.07) is 10.9. The van der Waals surface area contributed by atoms with Crippen molar-refractivity contribution in [3.63, 3.8) is 0 Å². The summed E-state index contributed by atoms with van der Waals surface area (Å²) >= 11 is 0. The lowest BCUT2D eigenvalue weighted by molar-refractivity contribution is 0.0693. The van der Waals surface area contributed by atoms with Crippen LogP contribution >= 0.6 is 0 Å². The number of para-hydroxylation sites is 1. The van der Waals surface area contributed by atoms with Crippen LogP contribution in [0.4, 0.5) is 0 Å². The Bertz CT molecular complexity index is 511. The first-order valence-corrected chi connectivity index (χ1v) is 5.11. The molecule has 0 saturated heterocycles. The minimum atomic E-state index is -0.996. The van der Waals surface area contributed by atoms with Crippen molar-refractivity contribution in [3.8, 4) is 5.75 Å². The lowest BCUT2D eigenvalue weighted by atomic mass is 10.1. The average Bonchev–Trinajstić information content (AvgIpc) is 2.38. The van der Waals surface area contributed by atoms with Gasteiger partial charge < -0.3 is 9.84 Å². The molecule has 0 unspecified atom stereocenters. The van der Waals surface area contributed by atoms with Crippen LogP contribution in [0.3, 0.4) is 0 Å². The van der Waals surface area contributed by atoms with Gasteiger partial charge in [0.1, 0.15) is 12.4 Å². The number of hydrogen-bond acceptors (Lipinski definition) is 3. The Hall–Kier alpha value is -2.36. The Morgan fingerprint density at radius 3 is 2.71 bits per heavy atom. The second-order valence-corrected chi connectivity index (χ2v) is 3.44. The first kappa shape index (κ1) is 11.1. The van der Waals surface area contributed by atoms with E-state index in [1.54, 1.807) is 12.3 Å². The second kappa shape index (κ2) is 5.12. The van der Waals surface area contributed by atoms with Crippen LogP contribution in [-0.2, 0) is 6.61 Å². The fraction of sp³-hybridized carbons (Fsp3) is 0.0769. The van der Waals surface area contributed by atoms with Crippen molar-refractivity contribution in [1.29, 1.82) is 0 Å². The summed E-state index contributed by atoms with van der Waals surface area (Å²) in [6.07, 6.45) is 2.88. The number of pyridine rings is 1. The number of aromatic nitrogens is 1. The van der Waals surface area contributed by atoms with Gasteiger partial charge in [0.25, 0.3) is 0 Å². The smallest absolute Gasteiger partial charge is 0.337 e. The number of carboxylic acids is 1. The molecule has 17 heavy (non-hydrogen) atoms. The van der Waals surface area contributed by atoms with Crippen molar-refractivity contribution >= 4 is 5.97 Å². The van der Waals surface area contributed by atoms with Crippen molar-refractivity contribution in [1.82, 2.24) is 4.98 Å². The van der Waals surface area contributed by atoms with E-state index in [1.165, 1.54) is 6.20 Å². The molecule has 0 bridgehead atoms. The van der Waals surface area contributed by atoms with Gasteiger partial charge in [-0.15, -0.1) is 0 Å². The van der Waals surface area contributed by atoms with Crippen molar-refractivity contribution in [2.24, 2.45) is 0 Å². The van der Waals surface area contributed by atoms with Crippen molar-refractivity contribution in [2.75, 3.05) is 0 Å². The van der Waals surface area contributed by atoms with E-state index in [4.69, 9.17) is 9.84 Å². The number of nitrogens with zero attached hydrogens (tertiary/aromatic N) is 1. The molecule has 1 aromatic carbocycles. The highest BCUT2D eigenvalue weighted by atomic mass is 16.5. The first-order chi connectivity index (χ1) is 8.27. The Labute approximate surface area is 98.5 Å². The van der Waals surface area contributed by atoms with Gasteiger partial charge in [0.15, 0.2) is 0 Å². The summed E-state index contributed by atoms with van der Waals surface area (Å²) in [5, 5.41) is 8.97. The van der Waals surface area contributed by atoms with E-state index in [-0.39, 0.29) is 12.2 Å². The summed E-state index contributed by atoms with van der Waals surface area (Å²) in [5.74, 6) is -0.287. The van der Waals surface area contributed by atoms with Crippen LogP contribution in [0.5, 0.6) is 5.75 Å². The third-order valence-electron chi connectivity index (χ3n) is 2.28. The molecule has 86 valence electrons. The summed E-state index contributed by atoms with van der Waals surface area (Å²) in [7, 11) is 0. The zero-order valence-electron chi connectivity index (χ0n) is 9.04. The van der Waals surface area contributed by atoms with Gasteiger partial charge in [0.2, 0.25) is 0 Å². The van der Waals surface area contributed by atoms with Crippen LogP contribution in [0, 0.1) is 0 Å². The Kier molecular flexibility index (Phi) is 3.35. The fourth-order valence-corrected chi connectivity index (χ4v) is 1.42. The van der Waals surface area contributed by atoms with Crippen molar-refractivity contribution < 1.29 is 14.6 Å². The topological polar surface area (TPSA) is 59.4 Å². The van der Waals surface area contributed by atoms with E-state index >= 15 is 0 Å². The molecular formula is C13H11NO3. The third kappa shape index (κ3) is 2.81. The van der Waals surface area contributed by atoms with E-state index in [0.717, 1.165) is 0 Å². The summed E-state index contributed by atoms with van der Waals surface area (Å²) < 4.78 is 5.49. The minimum Gasteiger partial charge on any atom is -0.489 e. The van der Waals surface area contributed by atoms with Gasteiger partial charge in [-0.1, -0.05) is 18.2 Å². The molecular weight excluding hydrogens is 218 g/mol. The van der Waals surface area contributed by atoms with E-state index < -0.39 is 5.97 Å². The summed E-state index contributed by atoms with van der Waals surface area (Å²) in [6.45, 7) is 0.216. The molecule has 1 aromatic heterocycles. The van der Waals surface area contributed by atoms with Gasteiger partial charge in [0, 0.05) is 18.0 Å². The van der Waals surface area contributed by atoms with E-state index in [9.17, 15) is 4.79 Å². The molecule has 4 nitrogen and oxygen atoms in total. The van der Waals surface area contributed by atoms with Crippen LogP contribution < -0.4 is 4.74 Å². The zero-order chi connectivity index (χ0) is 12.1. The number of hydrogen-bond donors (Lipinski definition) is 1. The molecule has 0 aliphatic carbocycles. The maximum Gasteiger partial charge on any atom is 0.337 e. The monoisotopic (exact) mass is 229 g/mol. The molecule has 0 radical (unpaired) electrons. The highest BCUT2D eigenvalue weighted by molar-refractivity contribution is 5.88. The maximum absolute atomic E-state index is 10.9. The first-order valence-electron chi connectivity index (χ1n) is 5.11. The van der Waals surface area contributed by atoms with E-state index in [1.807, 2.05) is 30.3 Å². The van der Waals surface area contributed by atoms with E-state index in [2.05, 4.69) is 4.98 Å². The molecule has 0 atom stereocenters. The maximum atomic E-state index is 10.9. The van der Waals surface area contributed by atoms with Crippen LogP contribution in [0.1, 0.15) is 15.9 Å². The predicted octanol–water partition coefficient (Wildman–Crippen LogP) is 2.36. The highest BCUT2D eigenvalue weighted by Crippen LogP contribution is 2.13. The van der Waals surface area contributed by atoms with Gasteiger partial charge in [0.05, 0.1) is 5.56 Å². The minimum absolute atomic E-state index is 0.170. The van der Waals surface area contributed by atoms with Crippen LogP contribution in [0.2, 0.25) is 0 Å². The van der Waals surface area contributed by atoms with Crippen LogP contribution in [-0.4, -0.2) is 16.1 Å². The summed E-state index contributed by atoms with van der Waals surface area (Å²) in [5.41, 5.74) is 0.778. The molecule has 1 N–H and O–H groups in total. The molecule has 4 heteroatoms. The Balaban J connectivity index is 2.12. The zero-order valence-corrected chi connectivity index (χ0v) is 9.04. The van der Waals surface area contributed by atoms with Crippen LogP contribution in [0.15, 0.2) is 48.8 Å².